The fraction of sp³-hybridized carbons (Fsp3) is 0.556. The summed E-state index contributed by atoms with van der Waals surface area (Å²) in [5.74, 6) is -0.381. The number of methoxy groups -OCH3 is 1. The summed E-state index contributed by atoms with van der Waals surface area (Å²) in [6.45, 7) is 0.435. The van der Waals surface area contributed by atoms with Gasteiger partial charge in [0.15, 0.2) is 0 Å². The monoisotopic (exact) mass is 318 g/mol. The molecule has 0 atom stereocenters. The minimum absolute atomic E-state index is 0.0248. The van der Waals surface area contributed by atoms with Gasteiger partial charge in [-0.15, -0.1) is 0 Å². The summed E-state index contributed by atoms with van der Waals surface area (Å²) >= 11 is 0. The van der Waals surface area contributed by atoms with Crippen LogP contribution in [0.25, 0.3) is 0 Å². The maximum atomic E-state index is 12.2. The van der Waals surface area contributed by atoms with Crippen LogP contribution in [0.3, 0.4) is 0 Å². The summed E-state index contributed by atoms with van der Waals surface area (Å²) in [7, 11) is 1.61. The summed E-state index contributed by atoms with van der Waals surface area (Å²) in [5, 5.41) is 13.9. The molecular formula is C18H24NO4-. The summed E-state index contributed by atoms with van der Waals surface area (Å²) in [6.07, 6.45) is 4.90. The molecule has 0 unspecified atom stereocenters. The molecule has 0 aromatic heterocycles. The molecule has 1 aromatic carbocycles. The van der Waals surface area contributed by atoms with Crippen LogP contribution in [-0.4, -0.2) is 19.0 Å². The van der Waals surface area contributed by atoms with Gasteiger partial charge < -0.3 is 20.0 Å². The first-order valence-corrected chi connectivity index (χ1v) is 8.12. The minimum Gasteiger partial charge on any atom is -0.550 e. The molecule has 1 fully saturated rings. The molecule has 126 valence electrons. The topological polar surface area (TPSA) is 78.5 Å². The van der Waals surface area contributed by atoms with Gasteiger partial charge in [-0.05, 0) is 42.4 Å². The molecule has 0 saturated heterocycles. The second kappa shape index (κ2) is 7.99. The first-order chi connectivity index (χ1) is 11.0. The van der Waals surface area contributed by atoms with Crippen LogP contribution in [0.2, 0.25) is 0 Å². The molecular weight excluding hydrogens is 294 g/mol. The van der Waals surface area contributed by atoms with Crippen LogP contribution in [0, 0.1) is 5.41 Å². The van der Waals surface area contributed by atoms with E-state index in [1.165, 1.54) is 0 Å². The second-order valence-electron chi connectivity index (χ2n) is 6.41. The highest BCUT2D eigenvalue weighted by atomic mass is 16.5. The van der Waals surface area contributed by atoms with Crippen LogP contribution in [0.4, 0.5) is 0 Å². The number of carbonyl (C=O) groups is 2. The van der Waals surface area contributed by atoms with Crippen molar-refractivity contribution in [1.29, 1.82) is 0 Å². The molecule has 0 radical (unpaired) electrons. The van der Waals surface area contributed by atoms with Gasteiger partial charge in [0, 0.05) is 18.9 Å². The van der Waals surface area contributed by atoms with Crippen molar-refractivity contribution in [3.8, 4) is 5.75 Å². The summed E-state index contributed by atoms with van der Waals surface area (Å²) in [6, 6.07) is 7.49. The Labute approximate surface area is 137 Å². The molecule has 5 nitrogen and oxygen atoms in total. The summed E-state index contributed by atoms with van der Waals surface area (Å²) < 4.78 is 5.10. The Morgan fingerprint density at radius 2 is 1.78 bits per heavy atom. The maximum Gasteiger partial charge on any atom is 0.220 e. The van der Waals surface area contributed by atoms with E-state index in [4.69, 9.17) is 4.74 Å². The first kappa shape index (κ1) is 17.3. The molecule has 0 aliphatic heterocycles. The lowest BCUT2D eigenvalue weighted by Crippen LogP contribution is -2.38. The minimum atomic E-state index is -1.06. The Kier molecular flexibility index (Phi) is 6.02. The van der Waals surface area contributed by atoms with Crippen molar-refractivity contribution in [3.05, 3.63) is 29.8 Å². The Bertz CT molecular complexity index is 532. The van der Waals surface area contributed by atoms with E-state index in [1.807, 2.05) is 24.3 Å². The van der Waals surface area contributed by atoms with Crippen LogP contribution < -0.4 is 15.2 Å². The zero-order chi connectivity index (χ0) is 16.7. The first-order valence-electron chi connectivity index (χ1n) is 8.12. The van der Waals surface area contributed by atoms with Crippen LogP contribution >= 0.6 is 0 Å². The molecule has 0 spiro atoms. The fourth-order valence-electron chi connectivity index (χ4n) is 3.37. The number of carbonyl (C=O) groups excluding carboxylic acids is 2. The fourth-order valence-corrected chi connectivity index (χ4v) is 3.37. The summed E-state index contributed by atoms with van der Waals surface area (Å²) in [5.41, 5.74) is 0.554. The largest absolute Gasteiger partial charge is 0.550 e. The van der Waals surface area contributed by atoms with E-state index < -0.39 is 11.4 Å². The Morgan fingerprint density at radius 3 is 2.35 bits per heavy atom. The number of nitrogens with one attached hydrogen (secondary N) is 1. The highest BCUT2D eigenvalue weighted by molar-refractivity contribution is 5.77. The predicted octanol–water partition coefficient (Wildman–Crippen LogP) is 1.79. The number of carboxylic acid groups (broad SMARTS) is 1. The standard InChI is InChI=1S/C18H25NO4/c1-23-15-7-5-14(6-8-15)13-19-16(20)11-18(12-17(21)22)9-3-2-4-10-18/h5-8H,2-4,9-13H2,1H3,(H,19,20)(H,21,22)/p-1. The van der Waals surface area contributed by atoms with Gasteiger partial charge >= 0.3 is 0 Å². The van der Waals surface area contributed by atoms with Crippen molar-refractivity contribution in [2.45, 2.75) is 51.5 Å². The third-order valence-corrected chi connectivity index (χ3v) is 4.62. The van der Waals surface area contributed by atoms with Crippen molar-refractivity contribution in [3.63, 3.8) is 0 Å². The highest BCUT2D eigenvalue weighted by Gasteiger charge is 2.34. The molecule has 1 aromatic rings. The highest BCUT2D eigenvalue weighted by Crippen LogP contribution is 2.42. The van der Waals surface area contributed by atoms with Crippen molar-refractivity contribution < 1.29 is 19.4 Å². The van der Waals surface area contributed by atoms with E-state index in [0.29, 0.717) is 6.54 Å². The smallest absolute Gasteiger partial charge is 0.220 e. The number of rotatable bonds is 7. The molecule has 1 saturated carbocycles. The van der Waals surface area contributed by atoms with Gasteiger partial charge in [-0.1, -0.05) is 31.4 Å². The lowest BCUT2D eigenvalue weighted by atomic mass is 9.69. The number of hydrogen-bond acceptors (Lipinski definition) is 4. The number of benzene rings is 1. The van der Waals surface area contributed by atoms with Crippen LogP contribution in [-0.2, 0) is 16.1 Å². The molecule has 2 rings (SSSR count). The lowest BCUT2D eigenvalue weighted by molar-refractivity contribution is -0.308. The SMILES string of the molecule is COc1ccc(CNC(=O)CC2(CC(=O)[O-])CCCCC2)cc1. The van der Waals surface area contributed by atoms with Gasteiger partial charge in [-0.25, -0.2) is 0 Å². The van der Waals surface area contributed by atoms with Crippen LogP contribution in [0.5, 0.6) is 5.75 Å². The maximum absolute atomic E-state index is 12.2. The molecule has 23 heavy (non-hydrogen) atoms. The van der Waals surface area contributed by atoms with Crippen molar-refractivity contribution in [2.24, 2.45) is 5.41 Å². The predicted molar refractivity (Wildman–Crippen MR) is 84.6 cm³/mol. The molecule has 1 aliphatic rings. The van der Waals surface area contributed by atoms with Crippen LogP contribution in [0.1, 0.15) is 50.5 Å². The number of hydrogen-bond donors (Lipinski definition) is 1. The van der Waals surface area contributed by atoms with E-state index in [-0.39, 0.29) is 18.7 Å². The number of amides is 1. The van der Waals surface area contributed by atoms with Gasteiger partial charge in [0.2, 0.25) is 5.91 Å². The van der Waals surface area contributed by atoms with Gasteiger partial charge in [-0.2, -0.15) is 0 Å². The number of ether oxygens (including phenoxy) is 1. The molecule has 0 bridgehead atoms. The molecule has 5 heteroatoms. The average molecular weight is 318 g/mol. The van der Waals surface area contributed by atoms with Crippen molar-refractivity contribution >= 4 is 11.9 Å². The zero-order valence-electron chi connectivity index (χ0n) is 13.6. The van der Waals surface area contributed by atoms with Gasteiger partial charge in [0.1, 0.15) is 5.75 Å². The number of aliphatic carboxylic acids is 1. The van der Waals surface area contributed by atoms with Crippen molar-refractivity contribution in [1.82, 2.24) is 5.32 Å². The van der Waals surface area contributed by atoms with Gasteiger partial charge in [-0.3, -0.25) is 4.79 Å². The van der Waals surface area contributed by atoms with E-state index in [1.54, 1.807) is 7.11 Å². The van der Waals surface area contributed by atoms with Gasteiger partial charge in [0.25, 0.3) is 0 Å². The Balaban J connectivity index is 1.89. The Hall–Kier alpha value is -2.04. The molecule has 1 aliphatic carbocycles. The van der Waals surface area contributed by atoms with E-state index in [2.05, 4.69) is 5.32 Å². The van der Waals surface area contributed by atoms with Crippen LogP contribution in [0.15, 0.2) is 24.3 Å². The normalized spacial score (nSPS) is 16.6. The van der Waals surface area contributed by atoms with Crippen molar-refractivity contribution in [2.75, 3.05) is 7.11 Å². The number of carboxylic acids is 1. The molecule has 1 N–H and O–H groups in total. The zero-order valence-corrected chi connectivity index (χ0v) is 13.6. The van der Waals surface area contributed by atoms with Gasteiger partial charge in [0.05, 0.1) is 7.11 Å². The average Bonchev–Trinajstić information content (AvgIpc) is 2.53. The Morgan fingerprint density at radius 1 is 1.13 bits per heavy atom. The quantitative estimate of drug-likeness (QED) is 0.831. The summed E-state index contributed by atoms with van der Waals surface area (Å²) in [4.78, 5) is 23.3. The van der Waals surface area contributed by atoms with E-state index in [0.717, 1.165) is 43.4 Å². The third kappa shape index (κ3) is 5.27. The van der Waals surface area contributed by atoms with E-state index >= 15 is 0 Å². The third-order valence-electron chi connectivity index (χ3n) is 4.62. The lowest BCUT2D eigenvalue weighted by Gasteiger charge is -2.37. The molecule has 1 amide bonds. The second-order valence-corrected chi connectivity index (χ2v) is 6.41. The molecule has 0 heterocycles. The van der Waals surface area contributed by atoms with E-state index in [9.17, 15) is 14.7 Å².